The predicted molar refractivity (Wildman–Crippen MR) is 63.4 cm³/mol. The molecule has 0 spiro atoms. The Morgan fingerprint density at radius 3 is 2.82 bits per heavy atom. The number of hydrogen-bond donors (Lipinski definition) is 0. The summed E-state index contributed by atoms with van der Waals surface area (Å²) in [6.07, 6.45) is 1.22. The first-order valence-corrected chi connectivity index (χ1v) is 5.05. The van der Waals surface area contributed by atoms with Crippen molar-refractivity contribution in [3.05, 3.63) is 46.0 Å². The smallest absolute Gasteiger partial charge is 0.270 e. The van der Waals surface area contributed by atoms with E-state index in [-0.39, 0.29) is 11.3 Å². The van der Waals surface area contributed by atoms with E-state index in [1.54, 1.807) is 0 Å². The van der Waals surface area contributed by atoms with Crippen molar-refractivity contribution >= 4 is 12.0 Å². The van der Waals surface area contributed by atoms with E-state index >= 15 is 0 Å². The van der Waals surface area contributed by atoms with E-state index in [2.05, 4.69) is 6.58 Å². The number of aldehydes is 1. The highest BCUT2D eigenvalue weighted by Crippen LogP contribution is 2.23. The van der Waals surface area contributed by atoms with Gasteiger partial charge in [0, 0.05) is 18.6 Å². The number of non-ortho nitro benzene ring substituents is 1. The van der Waals surface area contributed by atoms with Crippen molar-refractivity contribution in [2.45, 2.75) is 13.3 Å². The van der Waals surface area contributed by atoms with Crippen molar-refractivity contribution in [2.24, 2.45) is 0 Å². The normalized spacial score (nSPS) is 9.71. The predicted octanol–water partition coefficient (Wildman–Crippen LogP) is 2.75. The fourth-order valence-electron chi connectivity index (χ4n) is 1.21. The van der Waals surface area contributed by atoms with Crippen LogP contribution in [-0.2, 0) is 0 Å². The van der Waals surface area contributed by atoms with Crippen LogP contribution in [0.3, 0.4) is 0 Å². The second-order valence-electron chi connectivity index (χ2n) is 3.65. The topological polar surface area (TPSA) is 69.4 Å². The molecule has 0 atom stereocenters. The van der Waals surface area contributed by atoms with E-state index in [9.17, 15) is 14.9 Å². The summed E-state index contributed by atoms with van der Waals surface area (Å²) in [7, 11) is 0. The Morgan fingerprint density at radius 2 is 2.29 bits per heavy atom. The third-order valence-corrected chi connectivity index (χ3v) is 2.12. The van der Waals surface area contributed by atoms with Gasteiger partial charge in [-0.05, 0) is 13.0 Å². The van der Waals surface area contributed by atoms with Crippen molar-refractivity contribution < 1.29 is 14.5 Å². The van der Waals surface area contributed by atoms with E-state index in [1.807, 2.05) is 6.92 Å². The first-order valence-electron chi connectivity index (χ1n) is 5.05. The maximum atomic E-state index is 10.8. The molecule has 0 saturated heterocycles. The van der Waals surface area contributed by atoms with Gasteiger partial charge in [0.05, 0.1) is 17.1 Å². The summed E-state index contributed by atoms with van der Waals surface area (Å²) >= 11 is 0. The average molecular weight is 235 g/mol. The number of nitrogens with zero attached hydrogens (tertiary/aromatic N) is 1. The molecule has 1 aromatic rings. The molecule has 0 N–H and O–H groups in total. The van der Waals surface area contributed by atoms with E-state index in [0.717, 1.165) is 5.57 Å². The maximum Gasteiger partial charge on any atom is 0.270 e. The highest BCUT2D eigenvalue weighted by Gasteiger charge is 2.10. The Bertz CT molecular complexity index is 454. The molecule has 1 aromatic carbocycles. The lowest BCUT2D eigenvalue weighted by atomic mass is 10.2. The van der Waals surface area contributed by atoms with Gasteiger partial charge in [-0.3, -0.25) is 14.9 Å². The lowest BCUT2D eigenvalue weighted by Crippen LogP contribution is -2.01. The number of hydrogen-bond acceptors (Lipinski definition) is 4. The van der Waals surface area contributed by atoms with Crippen molar-refractivity contribution in [1.82, 2.24) is 0 Å². The standard InChI is InChI=1S/C12H13NO4/c1-9(2)5-6-17-12-4-3-11(13(15)16)7-10(12)8-14/h3-4,7-8H,1,5-6H2,2H3. The van der Waals surface area contributed by atoms with Crippen LogP contribution in [0.4, 0.5) is 5.69 Å². The minimum atomic E-state index is -0.551. The molecule has 0 unspecified atom stereocenters. The fourth-order valence-corrected chi connectivity index (χ4v) is 1.21. The molecule has 90 valence electrons. The Labute approximate surface area is 98.9 Å². The summed E-state index contributed by atoms with van der Waals surface area (Å²) in [5.74, 6) is 0.354. The molecular weight excluding hydrogens is 222 g/mol. The summed E-state index contributed by atoms with van der Waals surface area (Å²) in [5, 5.41) is 10.5. The minimum Gasteiger partial charge on any atom is -0.493 e. The minimum absolute atomic E-state index is 0.126. The molecule has 0 radical (unpaired) electrons. The van der Waals surface area contributed by atoms with Gasteiger partial charge in [0.25, 0.3) is 5.69 Å². The van der Waals surface area contributed by atoms with Crippen molar-refractivity contribution in [2.75, 3.05) is 6.61 Å². The lowest BCUT2D eigenvalue weighted by Gasteiger charge is -2.07. The summed E-state index contributed by atoms with van der Waals surface area (Å²) < 4.78 is 5.36. The molecule has 0 fully saturated rings. The summed E-state index contributed by atoms with van der Waals surface area (Å²) in [6, 6.07) is 3.94. The van der Waals surface area contributed by atoms with Gasteiger partial charge in [-0.2, -0.15) is 0 Å². The number of benzene rings is 1. The molecule has 0 aliphatic rings. The molecule has 0 heterocycles. The second kappa shape index (κ2) is 5.79. The van der Waals surface area contributed by atoms with Crippen molar-refractivity contribution in [3.63, 3.8) is 0 Å². The van der Waals surface area contributed by atoms with Gasteiger partial charge < -0.3 is 4.74 Å². The first-order chi connectivity index (χ1) is 8.04. The highest BCUT2D eigenvalue weighted by molar-refractivity contribution is 5.80. The van der Waals surface area contributed by atoms with Gasteiger partial charge in [-0.25, -0.2) is 0 Å². The molecule has 5 nitrogen and oxygen atoms in total. The van der Waals surface area contributed by atoms with Crippen molar-refractivity contribution in [1.29, 1.82) is 0 Å². The van der Waals surface area contributed by atoms with Crippen LogP contribution < -0.4 is 4.74 Å². The largest absolute Gasteiger partial charge is 0.493 e. The molecular formula is C12H13NO4. The van der Waals surface area contributed by atoms with E-state index in [1.165, 1.54) is 18.2 Å². The Morgan fingerprint density at radius 1 is 1.59 bits per heavy atom. The zero-order valence-corrected chi connectivity index (χ0v) is 9.51. The van der Waals surface area contributed by atoms with Gasteiger partial charge >= 0.3 is 0 Å². The quantitative estimate of drug-likeness (QED) is 0.329. The Balaban J connectivity index is 2.82. The zero-order chi connectivity index (χ0) is 12.8. The molecule has 0 bridgehead atoms. The van der Waals surface area contributed by atoms with Gasteiger partial charge in [0.1, 0.15) is 5.75 Å². The molecule has 5 heteroatoms. The summed E-state index contributed by atoms with van der Waals surface area (Å²) in [4.78, 5) is 20.7. The first kappa shape index (κ1) is 12.9. The third kappa shape index (κ3) is 3.71. The highest BCUT2D eigenvalue weighted by atomic mass is 16.6. The van der Waals surface area contributed by atoms with Crippen LogP contribution in [0.2, 0.25) is 0 Å². The van der Waals surface area contributed by atoms with Gasteiger partial charge in [0.15, 0.2) is 6.29 Å². The maximum absolute atomic E-state index is 10.8. The number of ether oxygens (including phenoxy) is 1. The van der Waals surface area contributed by atoms with Gasteiger partial charge in [0.2, 0.25) is 0 Å². The number of nitro benzene ring substituents is 1. The summed E-state index contributed by atoms with van der Waals surface area (Å²) in [5.41, 5.74) is 1.03. The Hall–Kier alpha value is -2.17. The SMILES string of the molecule is C=C(C)CCOc1ccc([N+](=O)[O-])cc1C=O. The molecule has 0 aliphatic heterocycles. The van der Waals surface area contributed by atoms with Crippen LogP contribution in [0.15, 0.2) is 30.4 Å². The molecule has 1 rings (SSSR count). The average Bonchev–Trinajstić information content (AvgIpc) is 2.28. The Kier molecular flexibility index (Phi) is 4.39. The number of carbonyl (C=O) groups is 1. The van der Waals surface area contributed by atoms with Crippen LogP contribution >= 0.6 is 0 Å². The molecule has 17 heavy (non-hydrogen) atoms. The van der Waals surface area contributed by atoms with E-state index in [4.69, 9.17) is 4.74 Å². The van der Waals surface area contributed by atoms with E-state index < -0.39 is 4.92 Å². The monoisotopic (exact) mass is 235 g/mol. The number of rotatable bonds is 6. The van der Waals surface area contributed by atoms with Crippen LogP contribution in [0.5, 0.6) is 5.75 Å². The van der Waals surface area contributed by atoms with Crippen LogP contribution in [0.25, 0.3) is 0 Å². The second-order valence-corrected chi connectivity index (χ2v) is 3.65. The van der Waals surface area contributed by atoms with Crippen LogP contribution in [-0.4, -0.2) is 17.8 Å². The summed E-state index contributed by atoms with van der Waals surface area (Å²) in [6.45, 7) is 6.00. The molecule has 0 aliphatic carbocycles. The lowest BCUT2D eigenvalue weighted by molar-refractivity contribution is -0.384. The van der Waals surface area contributed by atoms with Crippen LogP contribution in [0.1, 0.15) is 23.7 Å². The third-order valence-electron chi connectivity index (χ3n) is 2.12. The van der Waals surface area contributed by atoms with E-state index in [0.29, 0.717) is 25.1 Å². The van der Waals surface area contributed by atoms with Gasteiger partial charge in [-0.1, -0.05) is 5.57 Å². The number of carbonyl (C=O) groups excluding carboxylic acids is 1. The molecule has 0 amide bonds. The fraction of sp³-hybridized carbons (Fsp3) is 0.250. The zero-order valence-electron chi connectivity index (χ0n) is 9.51. The van der Waals surface area contributed by atoms with Crippen LogP contribution in [0, 0.1) is 10.1 Å². The van der Waals surface area contributed by atoms with Gasteiger partial charge in [-0.15, -0.1) is 6.58 Å². The van der Waals surface area contributed by atoms with Crippen molar-refractivity contribution in [3.8, 4) is 5.75 Å². The number of nitro groups is 1. The molecule has 0 saturated carbocycles. The molecule has 0 aromatic heterocycles.